The van der Waals surface area contributed by atoms with Crippen LogP contribution in [0.3, 0.4) is 0 Å². The summed E-state index contributed by atoms with van der Waals surface area (Å²) in [5.74, 6) is 0.0358. The van der Waals surface area contributed by atoms with Crippen molar-refractivity contribution in [3.05, 3.63) is 51.1 Å². The van der Waals surface area contributed by atoms with Crippen molar-refractivity contribution in [2.45, 2.75) is 20.3 Å². The third-order valence-corrected chi connectivity index (χ3v) is 4.44. The quantitative estimate of drug-likeness (QED) is 0.263. The molecule has 0 saturated carbocycles. The van der Waals surface area contributed by atoms with Gasteiger partial charge in [-0.1, -0.05) is 6.92 Å². The molecule has 0 unspecified atom stereocenters. The highest BCUT2D eigenvalue weighted by atomic mass is 127. The van der Waals surface area contributed by atoms with Crippen LogP contribution in [0.5, 0.6) is 17.2 Å². The molecule has 2 aromatic rings. The van der Waals surface area contributed by atoms with E-state index in [0.717, 1.165) is 6.42 Å². The third kappa shape index (κ3) is 7.21. The Morgan fingerprint density at radius 2 is 1.87 bits per heavy atom. The Labute approximate surface area is 188 Å². The molecule has 0 aromatic heterocycles. The summed E-state index contributed by atoms with van der Waals surface area (Å²) in [6.45, 7) is 4.37. The maximum atomic E-state index is 12.2. The highest BCUT2D eigenvalue weighted by Crippen LogP contribution is 2.33. The highest BCUT2D eigenvalue weighted by Gasteiger charge is 2.13. The first-order valence-electron chi connectivity index (χ1n) is 9.31. The maximum absolute atomic E-state index is 12.2. The summed E-state index contributed by atoms with van der Waals surface area (Å²) in [7, 11) is 0. The molecule has 9 heteroatoms. The van der Waals surface area contributed by atoms with Crippen molar-refractivity contribution >= 4 is 40.7 Å². The molecule has 30 heavy (non-hydrogen) atoms. The standard InChI is InChI=1S/C21H23IN2O6/c1-3-9-29-16-7-5-15(6-8-16)21(27)24-23-12-14-10-17(22)20(30-13-19(25)26)18(11-14)28-4-2/h5-8,10-12H,3-4,9,13H2,1-2H3,(H,24,27)(H,25,26)/b23-12+. The minimum absolute atomic E-state index is 0.352. The van der Waals surface area contributed by atoms with Gasteiger partial charge in [0.15, 0.2) is 18.1 Å². The van der Waals surface area contributed by atoms with Crippen molar-refractivity contribution in [2.24, 2.45) is 5.10 Å². The number of carboxylic acids is 1. The predicted molar refractivity (Wildman–Crippen MR) is 121 cm³/mol. The topological polar surface area (TPSA) is 106 Å². The number of aliphatic carboxylic acids is 1. The number of amides is 1. The Bertz CT molecular complexity index is 899. The zero-order chi connectivity index (χ0) is 21.9. The van der Waals surface area contributed by atoms with Crippen molar-refractivity contribution in [1.29, 1.82) is 0 Å². The molecule has 2 rings (SSSR count). The van der Waals surface area contributed by atoms with Crippen molar-refractivity contribution in [2.75, 3.05) is 19.8 Å². The molecule has 160 valence electrons. The van der Waals surface area contributed by atoms with E-state index < -0.39 is 12.6 Å². The predicted octanol–water partition coefficient (Wildman–Crippen LogP) is 3.71. The number of benzene rings is 2. The Hall–Kier alpha value is -2.82. The van der Waals surface area contributed by atoms with Gasteiger partial charge in [0.2, 0.25) is 0 Å². The van der Waals surface area contributed by atoms with Gasteiger partial charge in [-0.15, -0.1) is 0 Å². The van der Waals surface area contributed by atoms with Gasteiger partial charge < -0.3 is 19.3 Å². The van der Waals surface area contributed by atoms with E-state index in [4.69, 9.17) is 19.3 Å². The van der Waals surface area contributed by atoms with Gasteiger partial charge >= 0.3 is 5.97 Å². The number of carbonyl (C=O) groups is 2. The maximum Gasteiger partial charge on any atom is 0.341 e. The molecule has 2 aromatic carbocycles. The molecule has 0 atom stereocenters. The molecular formula is C21H23IN2O6. The fraction of sp³-hybridized carbons (Fsp3) is 0.286. The first-order chi connectivity index (χ1) is 14.4. The first kappa shape index (κ1) is 23.5. The number of carboxylic acid groups (broad SMARTS) is 1. The lowest BCUT2D eigenvalue weighted by atomic mass is 10.2. The zero-order valence-corrected chi connectivity index (χ0v) is 18.8. The minimum Gasteiger partial charge on any atom is -0.494 e. The smallest absolute Gasteiger partial charge is 0.341 e. The van der Waals surface area contributed by atoms with E-state index in [0.29, 0.717) is 45.2 Å². The van der Waals surface area contributed by atoms with Crippen LogP contribution < -0.4 is 19.6 Å². The molecule has 0 spiro atoms. The molecule has 0 aliphatic heterocycles. The van der Waals surface area contributed by atoms with E-state index in [1.54, 1.807) is 36.4 Å². The van der Waals surface area contributed by atoms with Crippen molar-refractivity contribution in [3.63, 3.8) is 0 Å². The average molecular weight is 526 g/mol. The number of carbonyl (C=O) groups excluding carboxylic acids is 1. The van der Waals surface area contributed by atoms with Gasteiger partial charge in [-0.25, -0.2) is 10.2 Å². The number of hydrogen-bond acceptors (Lipinski definition) is 6. The second-order valence-electron chi connectivity index (χ2n) is 6.02. The van der Waals surface area contributed by atoms with Crippen molar-refractivity contribution < 1.29 is 28.9 Å². The van der Waals surface area contributed by atoms with E-state index in [9.17, 15) is 9.59 Å². The molecule has 0 aliphatic carbocycles. The van der Waals surface area contributed by atoms with Crippen LogP contribution in [0.1, 0.15) is 36.2 Å². The summed E-state index contributed by atoms with van der Waals surface area (Å²) in [5.41, 5.74) is 3.59. The summed E-state index contributed by atoms with van der Waals surface area (Å²) < 4.78 is 17.0. The summed E-state index contributed by atoms with van der Waals surface area (Å²) in [6, 6.07) is 10.2. The molecule has 0 fully saturated rings. The summed E-state index contributed by atoms with van der Waals surface area (Å²) in [5, 5.41) is 12.8. The van der Waals surface area contributed by atoms with Gasteiger partial charge in [0.1, 0.15) is 5.75 Å². The van der Waals surface area contributed by atoms with E-state index in [2.05, 4.69) is 10.5 Å². The fourth-order valence-corrected chi connectivity index (χ4v) is 3.13. The Morgan fingerprint density at radius 1 is 1.13 bits per heavy atom. The van der Waals surface area contributed by atoms with Crippen molar-refractivity contribution in [1.82, 2.24) is 5.43 Å². The van der Waals surface area contributed by atoms with E-state index in [1.165, 1.54) is 6.21 Å². The number of hydrazone groups is 1. The Balaban J connectivity index is 2.05. The van der Waals surface area contributed by atoms with Crippen LogP contribution in [0, 0.1) is 3.57 Å². The average Bonchev–Trinajstić information content (AvgIpc) is 2.72. The van der Waals surface area contributed by atoms with Gasteiger partial charge in [0.25, 0.3) is 5.91 Å². The lowest BCUT2D eigenvalue weighted by Gasteiger charge is -2.13. The first-order valence-corrected chi connectivity index (χ1v) is 10.4. The molecule has 0 heterocycles. The molecule has 1 amide bonds. The van der Waals surface area contributed by atoms with Crippen LogP contribution in [-0.4, -0.2) is 43.0 Å². The monoisotopic (exact) mass is 526 g/mol. The molecule has 0 saturated heterocycles. The van der Waals surface area contributed by atoms with E-state index >= 15 is 0 Å². The van der Waals surface area contributed by atoms with Crippen molar-refractivity contribution in [3.8, 4) is 17.2 Å². The van der Waals surface area contributed by atoms with Crippen LogP contribution in [-0.2, 0) is 4.79 Å². The van der Waals surface area contributed by atoms with Crippen LogP contribution in [0.25, 0.3) is 0 Å². The van der Waals surface area contributed by atoms with E-state index in [1.807, 2.05) is 36.4 Å². The molecule has 0 aliphatic rings. The van der Waals surface area contributed by atoms with Crippen LogP contribution >= 0.6 is 22.6 Å². The van der Waals surface area contributed by atoms with E-state index in [-0.39, 0.29) is 5.91 Å². The summed E-state index contributed by atoms with van der Waals surface area (Å²) >= 11 is 2.03. The third-order valence-electron chi connectivity index (χ3n) is 3.64. The number of nitrogens with zero attached hydrogens (tertiary/aromatic N) is 1. The molecule has 2 N–H and O–H groups in total. The molecule has 8 nitrogen and oxygen atoms in total. The highest BCUT2D eigenvalue weighted by molar-refractivity contribution is 14.1. The molecular weight excluding hydrogens is 503 g/mol. The van der Waals surface area contributed by atoms with Gasteiger partial charge in [-0.05, 0) is 77.9 Å². The number of ether oxygens (including phenoxy) is 3. The lowest BCUT2D eigenvalue weighted by molar-refractivity contribution is -0.139. The second kappa shape index (κ2) is 12.0. The Morgan fingerprint density at radius 3 is 2.50 bits per heavy atom. The number of hydrogen-bond donors (Lipinski definition) is 2. The fourth-order valence-electron chi connectivity index (χ4n) is 2.35. The number of nitrogens with one attached hydrogen (secondary N) is 1. The zero-order valence-electron chi connectivity index (χ0n) is 16.7. The number of halogens is 1. The van der Waals surface area contributed by atoms with Gasteiger partial charge in [0, 0.05) is 5.56 Å². The van der Waals surface area contributed by atoms with Crippen LogP contribution in [0.4, 0.5) is 0 Å². The number of rotatable bonds is 11. The minimum atomic E-state index is -1.08. The lowest BCUT2D eigenvalue weighted by Crippen LogP contribution is -2.17. The SMILES string of the molecule is CCCOc1ccc(C(=O)N/N=C/c2cc(I)c(OCC(=O)O)c(OCC)c2)cc1. The normalized spacial score (nSPS) is 10.6. The second-order valence-corrected chi connectivity index (χ2v) is 7.18. The van der Waals surface area contributed by atoms with Gasteiger partial charge in [-0.2, -0.15) is 5.10 Å². The van der Waals surface area contributed by atoms with Crippen LogP contribution in [0.2, 0.25) is 0 Å². The molecule has 0 bridgehead atoms. The molecule has 0 radical (unpaired) electrons. The van der Waals surface area contributed by atoms with Crippen LogP contribution in [0.15, 0.2) is 41.5 Å². The summed E-state index contributed by atoms with van der Waals surface area (Å²) in [4.78, 5) is 23.0. The Kier molecular flexibility index (Phi) is 9.39. The summed E-state index contributed by atoms with van der Waals surface area (Å²) in [6.07, 6.45) is 2.38. The van der Waals surface area contributed by atoms with Gasteiger partial charge in [-0.3, -0.25) is 4.79 Å². The van der Waals surface area contributed by atoms with Gasteiger partial charge in [0.05, 0.1) is 23.0 Å². The largest absolute Gasteiger partial charge is 0.494 e.